The van der Waals surface area contributed by atoms with Crippen molar-refractivity contribution in [3.8, 4) is 0 Å². The fourth-order valence-corrected chi connectivity index (χ4v) is 9.35. The van der Waals surface area contributed by atoms with Crippen molar-refractivity contribution in [2.75, 3.05) is 289 Å². The summed E-state index contributed by atoms with van der Waals surface area (Å²) in [6, 6.07) is 0. The number of aliphatic hydroxyl groups excluding tert-OH is 4. The van der Waals surface area contributed by atoms with Crippen molar-refractivity contribution in [1.82, 2.24) is 49.0 Å². The first-order valence-corrected chi connectivity index (χ1v) is 28.8. The Kier molecular flexibility index (Phi) is 53.4. The van der Waals surface area contributed by atoms with E-state index in [-0.39, 0.29) is 277 Å². The van der Waals surface area contributed by atoms with Crippen molar-refractivity contribution in [1.29, 1.82) is 0 Å². The van der Waals surface area contributed by atoms with Gasteiger partial charge in [0.15, 0.2) is 0 Å². The van der Waals surface area contributed by atoms with Crippen LogP contribution >= 0.6 is 0 Å². The summed E-state index contributed by atoms with van der Waals surface area (Å²) in [5.74, 6) is -8.01. The van der Waals surface area contributed by atoms with E-state index in [9.17, 15) is 69.6 Å². The molecule has 34 heteroatoms. The first-order chi connectivity index (χ1) is 40.3. The van der Waals surface area contributed by atoms with Gasteiger partial charge in [-0.2, -0.15) is 0 Å². The minimum Gasteiger partial charge on any atom is -0.549 e. The fraction of sp³-hybridized carbons (Fsp3) is 0.885. The Morgan fingerprint density at radius 1 is 0.314 bits per heavy atom. The summed E-state index contributed by atoms with van der Waals surface area (Å²) >= 11 is 0. The summed E-state index contributed by atoms with van der Waals surface area (Å²) in [5, 5.41) is 112. The number of rotatable bonds is 45. The average molecular weight is 1530 g/mol. The summed E-state index contributed by atoms with van der Waals surface area (Å²) in [5.41, 5.74) is 0. The van der Waals surface area contributed by atoms with Gasteiger partial charge in [0, 0.05) is 196 Å². The van der Waals surface area contributed by atoms with Crippen molar-refractivity contribution in [2.45, 2.75) is 12.2 Å². The van der Waals surface area contributed by atoms with E-state index in [0.717, 1.165) is 0 Å². The number of nitrogens with zero attached hydrogens (tertiary/aromatic N) is 10. The monoisotopic (exact) mass is 1530 g/mol. The summed E-state index contributed by atoms with van der Waals surface area (Å²) in [4.78, 5) is 87.6. The van der Waals surface area contributed by atoms with Gasteiger partial charge < -0.3 is 108 Å². The van der Waals surface area contributed by atoms with Crippen LogP contribution in [0.3, 0.4) is 0 Å². The first kappa shape index (κ1) is 84.7. The van der Waals surface area contributed by atoms with E-state index < -0.39 is 87.3 Å². The molecule has 86 heavy (non-hydrogen) atoms. The minimum atomic E-state index is -1.34. The number of carboxylic acids is 6. The molecule has 2 atom stereocenters. The van der Waals surface area contributed by atoms with Crippen LogP contribution in [0.4, 0.5) is 0 Å². The van der Waals surface area contributed by atoms with Crippen LogP contribution in [-0.2, 0) is 57.2 Å². The van der Waals surface area contributed by atoms with Gasteiger partial charge in [0.25, 0.3) is 0 Å². The molecular weight excluding hydrogens is 1430 g/mol. The van der Waals surface area contributed by atoms with Crippen LogP contribution in [0.15, 0.2) is 0 Å². The second kappa shape index (κ2) is 54.2. The maximum Gasteiger partial charge on any atom is 3.00 e. The van der Waals surface area contributed by atoms with Crippen LogP contribution in [0, 0.1) is 79.9 Å². The Bertz CT molecular complexity index is 1600. The molecule has 2 unspecified atom stereocenters. The molecule has 4 N–H and O–H groups in total. The SMILES string of the molecule is O=C([O-])CN1CCN(CC(=O)[O-])CCN(CC(O)CN(CCOCCOCCOCCO)CCN(CCOCCOCCOCCO)CC(O)CN2CCN(CC(=O)[O-])CCN(CC(=O)[O-])CCN(CC(=O)[O-])CC2)CCN(CC(=O)[O-])CC1.[Gd+3].[Gd+3]. The van der Waals surface area contributed by atoms with E-state index in [1.165, 1.54) is 0 Å². The third-order valence-electron chi connectivity index (χ3n) is 13.6. The Morgan fingerprint density at radius 2 is 0.500 bits per heavy atom. The van der Waals surface area contributed by atoms with Crippen LogP contribution in [0.2, 0.25) is 0 Å². The number of hydrogen-bond acceptors (Lipinski definition) is 32. The van der Waals surface area contributed by atoms with E-state index >= 15 is 0 Å². The molecule has 0 spiro atoms. The summed E-state index contributed by atoms with van der Waals surface area (Å²) < 4.78 is 33.5. The molecule has 32 nitrogen and oxygen atoms in total. The van der Waals surface area contributed by atoms with E-state index in [1.54, 1.807) is 29.4 Å². The van der Waals surface area contributed by atoms with Gasteiger partial charge in [-0.3, -0.25) is 49.0 Å². The minimum absolute atomic E-state index is 0. The number of carbonyl (C=O) groups excluding carboxylic acids is 6. The molecule has 2 rings (SSSR count). The van der Waals surface area contributed by atoms with Gasteiger partial charge in [0.05, 0.1) is 141 Å². The molecule has 0 aromatic rings. The Morgan fingerprint density at radius 3 is 0.698 bits per heavy atom. The zero-order chi connectivity index (χ0) is 61.7. The van der Waals surface area contributed by atoms with Gasteiger partial charge in [-0.05, 0) is 0 Å². The van der Waals surface area contributed by atoms with Gasteiger partial charge in [0.1, 0.15) is 0 Å². The smallest absolute Gasteiger partial charge is 0.549 e. The summed E-state index contributed by atoms with van der Waals surface area (Å²) in [6.07, 6.45) is -2.03. The molecule has 2 heterocycles. The van der Waals surface area contributed by atoms with Gasteiger partial charge in [-0.25, -0.2) is 0 Å². The molecule has 0 aromatic heterocycles. The van der Waals surface area contributed by atoms with Crippen molar-refractivity contribution in [3.63, 3.8) is 0 Å². The number of carbonyl (C=O) groups is 6. The van der Waals surface area contributed by atoms with Crippen LogP contribution in [-0.4, -0.2) is 406 Å². The normalized spacial score (nSPS) is 17.8. The second-order valence-electron chi connectivity index (χ2n) is 20.5. The van der Waals surface area contributed by atoms with Crippen molar-refractivity contribution >= 4 is 35.8 Å². The number of carboxylic acid groups (broad SMARTS) is 6. The summed E-state index contributed by atoms with van der Waals surface area (Å²) in [6.45, 7) is 4.78. The first-order valence-electron chi connectivity index (χ1n) is 28.8. The zero-order valence-corrected chi connectivity index (χ0v) is 54.1. The number of β-amino-alcohol motifs (C(OH)–C–C–N with tert-alkyl or cyclic N) is 2. The van der Waals surface area contributed by atoms with Crippen LogP contribution in [0.25, 0.3) is 0 Å². The topological polar surface area (TPSA) is 409 Å². The van der Waals surface area contributed by atoms with Crippen LogP contribution < -0.4 is 30.6 Å². The third kappa shape index (κ3) is 47.6. The van der Waals surface area contributed by atoms with Crippen molar-refractivity contribution in [2.24, 2.45) is 0 Å². The molecule has 0 aliphatic carbocycles. The Hall–Kier alpha value is -1.33. The molecule has 0 saturated carbocycles. The molecule has 2 radical (unpaired) electrons. The van der Waals surface area contributed by atoms with Crippen molar-refractivity contribution < 1.29 is 188 Å². The largest absolute Gasteiger partial charge is 3.00 e. The Balaban J connectivity index is 0.0000361. The van der Waals surface area contributed by atoms with Gasteiger partial charge in [-0.15, -0.1) is 0 Å². The predicted octanol–water partition coefficient (Wildman–Crippen LogP) is -14.7. The Labute approximate surface area is 569 Å². The third-order valence-corrected chi connectivity index (χ3v) is 13.6. The molecule has 0 bridgehead atoms. The maximum absolute atomic E-state index is 11.9. The number of aliphatic carboxylic acids is 6. The number of ether oxygens (including phenoxy) is 6. The van der Waals surface area contributed by atoms with E-state index in [0.29, 0.717) is 52.6 Å². The van der Waals surface area contributed by atoms with E-state index in [4.69, 9.17) is 38.6 Å². The summed E-state index contributed by atoms with van der Waals surface area (Å²) in [7, 11) is 0. The standard InChI is InChI=1S/C52H100N10O22.2Gd/c63-21-25-81-29-33-83-31-27-79-23-19-61(37-45(65)35-53-1-5-55(39-47(67)68)9-13-59(43-51(75)76)14-10-56(6-2-53)40-48(69)70)17-18-62(20-24-80-28-32-84-34-30-82-26-22-64)38-46(66)36-54-3-7-57(41-49(71)72)11-15-60(44-52(77)78)16-12-58(8-4-54)42-50(73)74;;/h45-46,63-66H,1-44H2,(H,67,68)(H,69,70)(H,71,72)(H,73,74)(H,75,76)(H,77,78);;/q;2*+3/p-6. The van der Waals surface area contributed by atoms with Gasteiger partial charge >= 0.3 is 79.9 Å². The van der Waals surface area contributed by atoms with Gasteiger partial charge in [0.2, 0.25) is 0 Å². The second-order valence-corrected chi connectivity index (χ2v) is 20.5. The molecule has 2 saturated heterocycles. The average Bonchev–Trinajstić information content (AvgIpc) is 3.61. The predicted molar refractivity (Wildman–Crippen MR) is 286 cm³/mol. The van der Waals surface area contributed by atoms with Crippen LogP contribution in [0.1, 0.15) is 0 Å². The van der Waals surface area contributed by atoms with Gasteiger partial charge in [-0.1, -0.05) is 0 Å². The molecule has 500 valence electrons. The maximum atomic E-state index is 11.9. The van der Waals surface area contributed by atoms with E-state index in [1.807, 2.05) is 19.6 Å². The molecule has 2 fully saturated rings. The molecular formula is C52H94Gd2N10O22. The van der Waals surface area contributed by atoms with Crippen LogP contribution in [0.5, 0.6) is 0 Å². The molecule has 2 aliphatic rings. The van der Waals surface area contributed by atoms with Crippen molar-refractivity contribution in [3.05, 3.63) is 0 Å². The zero-order valence-electron chi connectivity index (χ0n) is 49.6. The molecule has 0 aromatic carbocycles. The fourth-order valence-electron chi connectivity index (χ4n) is 9.35. The molecule has 2 aliphatic heterocycles. The number of hydrogen-bond donors (Lipinski definition) is 4. The number of aliphatic hydroxyl groups is 4. The van der Waals surface area contributed by atoms with E-state index in [2.05, 4.69) is 0 Å². The quantitative estimate of drug-likeness (QED) is 0.0411. The molecule has 0 amide bonds.